The molecule has 1 saturated heterocycles. The van der Waals surface area contributed by atoms with Gasteiger partial charge in [-0.1, -0.05) is 51.4 Å². The van der Waals surface area contributed by atoms with Crippen molar-refractivity contribution < 1.29 is 14.4 Å². The zero-order chi connectivity index (χ0) is 20.6. The number of hydrogen-bond acceptors (Lipinski definition) is 4. The van der Waals surface area contributed by atoms with Crippen LogP contribution in [0.25, 0.3) is 0 Å². The minimum Gasteiger partial charge on any atom is -0.368 e. The Morgan fingerprint density at radius 3 is 2.31 bits per heavy atom. The van der Waals surface area contributed by atoms with Gasteiger partial charge in [0, 0.05) is 25.7 Å². The van der Waals surface area contributed by atoms with Crippen LogP contribution in [-0.4, -0.2) is 60.5 Å². The number of nitrogens with two attached hydrogens (primary N) is 1. The van der Waals surface area contributed by atoms with Crippen molar-refractivity contribution in [2.24, 2.45) is 11.7 Å². The fourth-order valence-electron chi connectivity index (χ4n) is 4.96. The summed E-state index contributed by atoms with van der Waals surface area (Å²) < 4.78 is 0. The summed E-state index contributed by atoms with van der Waals surface area (Å²) in [6.07, 6.45) is 11.8. The van der Waals surface area contributed by atoms with Crippen LogP contribution < -0.4 is 21.7 Å². The number of urea groups is 1. The normalized spacial score (nSPS) is 25.2. The Hall–Kier alpha value is -1.83. The molecule has 2 unspecified atom stereocenters. The van der Waals surface area contributed by atoms with E-state index in [1.54, 1.807) is 4.90 Å². The monoisotopic (exact) mass is 407 g/mol. The van der Waals surface area contributed by atoms with E-state index in [2.05, 4.69) is 16.0 Å². The van der Waals surface area contributed by atoms with E-state index in [1.807, 2.05) is 0 Å². The van der Waals surface area contributed by atoms with Crippen LogP contribution in [0.4, 0.5) is 4.79 Å². The highest BCUT2D eigenvalue weighted by Gasteiger charge is 2.35. The quantitative estimate of drug-likeness (QED) is 0.530. The number of carbonyl (C=O) groups is 3. The number of primary amides is 1. The smallest absolute Gasteiger partial charge is 0.318 e. The third-order valence-electron chi connectivity index (χ3n) is 6.69. The zero-order valence-electron chi connectivity index (χ0n) is 17.5. The van der Waals surface area contributed by atoms with Crippen LogP contribution in [-0.2, 0) is 9.59 Å². The molecule has 3 aliphatic rings. The SMILES string of the molecule is NC(=O)C(CC1CCCCC1)NC(=O)C1CNCCN1C(=O)NC1CCCCC1. The van der Waals surface area contributed by atoms with Gasteiger partial charge in [0.15, 0.2) is 0 Å². The van der Waals surface area contributed by atoms with Crippen LogP contribution in [0.2, 0.25) is 0 Å². The molecule has 0 aromatic rings. The zero-order valence-corrected chi connectivity index (χ0v) is 17.5. The molecule has 4 amide bonds. The maximum atomic E-state index is 13.0. The van der Waals surface area contributed by atoms with Crippen molar-refractivity contribution in [3.8, 4) is 0 Å². The highest BCUT2D eigenvalue weighted by atomic mass is 16.2. The van der Waals surface area contributed by atoms with E-state index in [9.17, 15) is 14.4 Å². The highest BCUT2D eigenvalue weighted by Crippen LogP contribution is 2.27. The van der Waals surface area contributed by atoms with Crippen molar-refractivity contribution in [3.05, 3.63) is 0 Å². The third-order valence-corrected chi connectivity index (χ3v) is 6.69. The van der Waals surface area contributed by atoms with Gasteiger partial charge in [-0.3, -0.25) is 9.59 Å². The first-order valence-electron chi connectivity index (χ1n) is 11.4. The van der Waals surface area contributed by atoms with Gasteiger partial charge in [-0.05, 0) is 25.2 Å². The van der Waals surface area contributed by atoms with Crippen LogP contribution in [0.15, 0.2) is 0 Å². The van der Waals surface area contributed by atoms with E-state index < -0.39 is 18.0 Å². The Kier molecular flexibility index (Phi) is 8.15. The largest absolute Gasteiger partial charge is 0.368 e. The molecule has 2 saturated carbocycles. The lowest BCUT2D eigenvalue weighted by Gasteiger charge is -2.37. The Labute approximate surface area is 173 Å². The number of carbonyl (C=O) groups excluding carboxylic acids is 3. The number of hydrogen-bond donors (Lipinski definition) is 4. The van der Waals surface area contributed by atoms with Gasteiger partial charge in [0.05, 0.1) is 0 Å². The first-order valence-corrected chi connectivity index (χ1v) is 11.4. The van der Waals surface area contributed by atoms with E-state index in [0.29, 0.717) is 32.0 Å². The Morgan fingerprint density at radius 2 is 1.66 bits per heavy atom. The van der Waals surface area contributed by atoms with Crippen molar-refractivity contribution in [1.82, 2.24) is 20.9 Å². The number of nitrogens with zero attached hydrogens (tertiary/aromatic N) is 1. The average molecular weight is 408 g/mol. The Bertz CT molecular complexity index is 573. The maximum Gasteiger partial charge on any atom is 0.318 e. The van der Waals surface area contributed by atoms with Gasteiger partial charge in [-0.15, -0.1) is 0 Å². The fourth-order valence-corrected chi connectivity index (χ4v) is 4.96. The predicted octanol–water partition coefficient (Wildman–Crippen LogP) is 1.24. The van der Waals surface area contributed by atoms with Crippen LogP contribution in [0, 0.1) is 5.92 Å². The summed E-state index contributed by atoms with van der Waals surface area (Å²) in [4.78, 5) is 39.4. The van der Waals surface area contributed by atoms with E-state index in [0.717, 1.165) is 38.5 Å². The molecule has 0 spiro atoms. The van der Waals surface area contributed by atoms with Crippen LogP contribution in [0.1, 0.15) is 70.6 Å². The Morgan fingerprint density at radius 1 is 1.00 bits per heavy atom. The first-order chi connectivity index (χ1) is 14.0. The number of nitrogens with one attached hydrogen (secondary N) is 3. The molecule has 3 rings (SSSR count). The highest BCUT2D eigenvalue weighted by molar-refractivity contribution is 5.91. The molecular formula is C21H37N5O3. The lowest BCUT2D eigenvalue weighted by Crippen LogP contribution is -2.63. The lowest BCUT2D eigenvalue weighted by molar-refractivity contribution is -0.131. The van der Waals surface area contributed by atoms with Crippen LogP contribution in [0.5, 0.6) is 0 Å². The van der Waals surface area contributed by atoms with Crippen molar-refractivity contribution in [2.75, 3.05) is 19.6 Å². The molecule has 8 nitrogen and oxygen atoms in total. The molecular weight excluding hydrogens is 370 g/mol. The molecule has 1 aliphatic heterocycles. The molecule has 3 fully saturated rings. The van der Waals surface area contributed by atoms with Crippen molar-refractivity contribution in [1.29, 1.82) is 0 Å². The van der Waals surface area contributed by atoms with Crippen LogP contribution >= 0.6 is 0 Å². The third kappa shape index (κ3) is 6.32. The van der Waals surface area contributed by atoms with E-state index in [-0.39, 0.29) is 18.0 Å². The van der Waals surface area contributed by atoms with Gasteiger partial charge in [0.2, 0.25) is 11.8 Å². The van der Waals surface area contributed by atoms with Gasteiger partial charge in [-0.25, -0.2) is 4.79 Å². The minimum absolute atomic E-state index is 0.179. The van der Waals surface area contributed by atoms with Crippen LogP contribution in [0.3, 0.4) is 0 Å². The van der Waals surface area contributed by atoms with Crippen molar-refractivity contribution in [3.63, 3.8) is 0 Å². The average Bonchev–Trinajstić information content (AvgIpc) is 2.74. The molecule has 2 atom stereocenters. The maximum absolute atomic E-state index is 13.0. The van der Waals surface area contributed by atoms with E-state index in [4.69, 9.17) is 5.73 Å². The minimum atomic E-state index is -0.671. The summed E-state index contributed by atoms with van der Waals surface area (Å²) in [6.45, 7) is 1.52. The van der Waals surface area contributed by atoms with Gasteiger partial charge in [0.25, 0.3) is 0 Å². The summed E-state index contributed by atoms with van der Waals surface area (Å²) in [7, 11) is 0. The number of piperazine rings is 1. The second-order valence-electron chi connectivity index (χ2n) is 8.90. The molecule has 0 bridgehead atoms. The number of rotatable bonds is 6. The van der Waals surface area contributed by atoms with Gasteiger partial charge in [0.1, 0.15) is 12.1 Å². The lowest BCUT2D eigenvalue weighted by atomic mass is 9.84. The van der Waals surface area contributed by atoms with Gasteiger partial charge < -0.3 is 26.6 Å². The summed E-state index contributed by atoms with van der Waals surface area (Å²) in [6, 6.07) is -1.28. The molecule has 0 radical (unpaired) electrons. The predicted molar refractivity (Wildman–Crippen MR) is 111 cm³/mol. The molecule has 1 heterocycles. The summed E-state index contributed by atoms with van der Waals surface area (Å²) in [5.41, 5.74) is 5.59. The van der Waals surface area contributed by atoms with Crippen molar-refractivity contribution in [2.45, 2.75) is 88.8 Å². The molecule has 0 aromatic heterocycles. The molecule has 29 heavy (non-hydrogen) atoms. The molecule has 2 aliphatic carbocycles. The standard InChI is InChI=1S/C21H37N5O3/c22-19(27)17(13-15-7-3-1-4-8-15)25-20(28)18-14-23-11-12-26(18)21(29)24-16-9-5-2-6-10-16/h15-18,23H,1-14H2,(H2,22,27)(H,24,29)(H,25,28). The fraction of sp³-hybridized carbons (Fsp3) is 0.857. The topological polar surface area (TPSA) is 117 Å². The second-order valence-corrected chi connectivity index (χ2v) is 8.90. The van der Waals surface area contributed by atoms with E-state index in [1.165, 1.54) is 25.7 Å². The Balaban J connectivity index is 1.58. The second kappa shape index (κ2) is 10.8. The molecule has 5 N–H and O–H groups in total. The summed E-state index contributed by atoms with van der Waals surface area (Å²) in [5, 5.41) is 9.14. The molecule has 164 valence electrons. The van der Waals surface area contributed by atoms with E-state index >= 15 is 0 Å². The van der Waals surface area contributed by atoms with Crippen molar-refractivity contribution >= 4 is 17.8 Å². The first kappa shape index (κ1) is 21.9. The summed E-state index contributed by atoms with van der Waals surface area (Å²) in [5.74, 6) is -0.363. The van der Waals surface area contributed by atoms with Gasteiger partial charge in [-0.2, -0.15) is 0 Å². The molecule has 8 heteroatoms. The summed E-state index contributed by atoms with van der Waals surface area (Å²) >= 11 is 0. The van der Waals surface area contributed by atoms with Gasteiger partial charge >= 0.3 is 6.03 Å². The number of amides is 4. The molecule has 0 aromatic carbocycles.